The number of carbonyl (C=O) groups is 1. The lowest BCUT2D eigenvalue weighted by Crippen LogP contribution is -2.28. The molecule has 1 aromatic rings. The van der Waals surface area contributed by atoms with E-state index in [9.17, 15) is 4.79 Å². The number of nitrogens with zero attached hydrogens (tertiary/aromatic N) is 2. The van der Waals surface area contributed by atoms with Gasteiger partial charge in [-0.2, -0.15) is 0 Å². The van der Waals surface area contributed by atoms with Gasteiger partial charge in [0.2, 0.25) is 5.91 Å². The SMILES string of the molecule is CN1C(=O)CN=C1c1ccccc1. The summed E-state index contributed by atoms with van der Waals surface area (Å²) >= 11 is 0. The topological polar surface area (TPSA) is 32.7 Å². The van der Waals surface area contributed by atoms with Gasteiger partial charge in [-0.3, -0.25) is 14.7 Å². The van der Waals surface area contributed by atoms with Crippen molar-refractivity contribution in [3.63, 3.8) is 0 Å². The second-order valence-electron chi connectivity index (χ2n) is 2.96. The van der Waals surface area contributed by atoms with Crippen LogP contribution in [0.5, 0.6) is 0 Å². The molecule has 3 nitrogen and oxygen atoms in total. The Bertz CT molecular complexity index is 356. The van der Waals surface area contributed by atoms with Crippen LogP contribution < -0.4 is 0 Å². The van der Waals surface area contributed by atoms with Gasteiger partial charge in [-0.25, -0.2) is 0 Å². The van der Waals surface area contributed by atoms with Gasteiger partial charge >= 0.3 is 0 Å². The molecule has 1 aliphatic rings. The fraction of sp³-hybridized carbons (Fsp3) is 0.200. The van der Waals surface area contributed by atoms with E-state index in [2.05, 4.69) is 4.99 Å². The van der Waals surface area contributed by atoms with E-state index in [1.54, 1.807) is 11.9 Å². The van der Waals surface area contributed by atoms with Crippen LogP contribution in [0.1, 0.15) is 5.56 Å². The molecule has 0 atom stereocenters. The number of hydrogen-bond acceptors (Lipinski definition) is 2. The fourth-order valence-corrected chi connectivity index (χ4v) is 1.34. The van der Waals surface area contributed by atoms with E-state index in [1.165, 1.54) is 0 Å². The first-order chi connectivity index (χ1) is 6.29. The van der Waals surface area contributed by atoms with E-state index in [4.69, 9.17) is 0 Å². The summed E-state index contributed by atoms with van der Waals surface area (Å²) in [7, 11) is 1.75. The molecule has 0 radical (unpaired) electrons. The maximum absolute atomic E-state index is 11.2. The maximum atomic E-state index is 11.2. The zero-order valence-electron chi connectivity index (χ0n) is 7.40. The van der Waals surface area contributed by atoms with Gasteiger partial charge in [0.25, 0.3) is 0 Å². The van der Waals surface area contributed by atoms with E-state index in [1.807, 2.05) is 30.3 Å². The Kier molecular flexibility index (Phi) is 1.85. The number of amidine groups is 1. The van der Waals surface area contributed by atoms with Crippen molar-refractivity contribution in [3.8, 4) is 0 Å². The number of benzene rings is 1. The molecule has 0 saturated carbocycles. The summed E-state index contributed by atoms with van der Waals surface area (Å²) in [6.45, 7) is 0.278. The molecule has 0 N–H and O–H groups in total. The number of amides is 1. The third kappa shape index (κ3) is 1.33. The van der Waals surface area contributed by atoms with Gasteiger partial charge in [0, 0.05) is 12.6 Å². The van der Waals surface area contributed by atoms with E-state index >= 15 is 0 Å². The predicted molar refractivity (Wildman–Crippen MR) is 50.6 cm³/mol. The summed E-state index contributed by atoms with van der Waals surface area (Å²) in [5.74, 6) is 0.824. The van der Waals surface area contributed by atoms with Gasteiger partial charge in [0.15, 0.2) is 0 Å². The van der Waals surface area contributed by atoms with Crippen molar-refractivity contribution in [2.45, 2.75) is 0 Å². The maximum Gasteiger partial charge on any atom is 0.249 e. The van der Waals surface area contributed by atoms with Crippen LogP contribution in [-0.4, -0.2) is 30.2 Å². The smallest absolute Gasteiger partial charge is 0.249 e. The molecule has 3 heteroatoms. The van der Waals surface area contributed by atoms with Gasteiger partial charge in [-0.15, -0.1) is 0 Å². The number of carbonyl (C=O) groups excluding carboxylic acids is 1. The van der Waals surface area contributed by atoms with Crippen LogP contribution in [0.15, 0.2) is 35.3 Å². The highest BCUT2D eigenvalue weighted by atomic mass is 16.2. The molecule has 2 rings (SSSR count). The first kappa shape index (κ1) is 7.98. The molecule has 0 bridgehead atoms. The van der Waals surface area contributed by atoms with Crippen molar-refractivity contribution in [2.75, 3.05) is 13.6 Å². The van der Waals surface area contributed by atoms with Crippen LogP contribution in [0.3, 0.4) is 0 Å². The van der Waals surface area contributed by atoms with Gasteiger partial charge in [0.1, 0.15) is 12.4 Å². The standard InChI is InChI=1S/C10H10N2O/c1-12-9(13)7-11-10(12)8-5-3-2-4-6-8/h2-6H,7H2,1H3. The molecule has 1 aliphatic heterocycles. The highest BCUT2D eigenvalue weighted by molar-refractivity contribution is 6.12. The number of hydrogen-bond donors (Lipinski definition) is 0. The van der Waals surface area contributed by atoms with Crippen LogP contribution in [0.25, 0.3) is 0 Å². The second kappa shape index (κ2) is 3.01. The Morgan fingerprint density at radius 1 is 1.31 bits per heavy atom. The Morgan fingerprint density at radius 3 is 2.54 bits per heavy atom. The predicted octanol–water partition coefficient (Wildman–Crippen LogP) is 0.905. The second-order valence-corrected chi connectivity index (χ2v) is 2.96. The van der Waals surface area contributed by atoms with Crippen LogP contribution in [0.2, 0.25) is 0 Å². The lowest BCUT2D eigenvalue weighted by Gasteiger charge is -2.11. The minimum atomic E-state index is 0.0545. The third-order valence-corrected chi connectivity index (χ3v) is 2.09. The van der Waals surface area contributed by atoms with Gasteiger partial charge in [-0.05, 0) is 0 Å². The summed E-state index contributed by atoms with van der Waals surface area (Å²) in [6.07, 6.45) is 0. The lowest BCUT2D eigenvalue weighted by molar-refractivity contribution is -0.123. The molecule has 1 aromatic carbocycles. The normalized spacial score (nSPS) is 16.2. The van der Waals surface area contributed by atoms with Crippen LogP contribution in [-0.2, 0) is 4.79 Å². The highest BCUT2D eigenvalue weighted by Crippen LogP contribution is 2.09. The van der Waals surface area contributed by atoms with Gasteiger partial charge in [0.05, 0.1) is 0 Å². The molecular weight excluding hydrogens is 164 g/mol. The molecule has 13 heavy (non-hydrogen) atoms. The lowest BCUT2D eigenvalue weighted by atomic mass is 10.2. The molecule has 0 unspecified atom stereocenters. The summed E-state index contributed by atoms with van der Waals surface area (Å²) < 4.78 is 0. The van der Waals surface area contributed by atoms with E-state index < -0.39 is 0 Å². The zero-order chi connectivity index (χ0) is 9.26. The quantitative estimate of drug-likeness (QED) is 0.622. The Labute approximate surface area is 76.7 Å². The van der Waals surface area contributed by atoms with Gasteiger partial charge < -0.3 is 0 Å². The Morgan fingerprint density at radius 2 is 2.00 bits per heavy atom. The number of likely N-dealkylation sites (N-methyl/N-ethyl adjacent to an activating group) is 1. The average Bonchev–Trinajstić information content (AvgIpc) is 2.49. The monoisotopic (exact) mass is 174 g/mol. The van der Waals surface area contributed by atoms with Crippen LogP contribution >= 0.6 is 0 Å². The summed E-state index contributed by atoms with van der Waals surface area (Å²) in [5.41, 5.74) is 0.996. The van der Waals surface area contributed by atoms with Crippen molar-refractivity contribution < 1.29 is 4.79 Å². The fourth-order valence-electron chi connectivity index (χ4n) is 1.34. The summed E-state index contributed by atoms with van der Waals surface area (Å²) in [4.78, 5) is 16.9. The summed E-state index contributed by atoms with van der Waals surface area (Å²) in [6, 6.07) is 9.73. The molecule has 66 valence electrons. The molecule has 0 saturated heterocycles. The number of rotatable bonds is 1. The average molecular weight is 174 g/mol. The molecule has 0 aliphatic carbocycles. The molecule has 0 aromatic heterocycles. The number of aliphatic imine (C=N–C) groups is 1. The molecular formula is C10H10N2O. The zero-order valence-corrected chi connectivity index (χ0v) is 7.40. The van der Waals surface area contributed by atoms with Crippen molar-refractivity contribution in [1.82, 2.24) is 4.90 Å². The highest BCUT2D eigenvalue weighted by Gasteiger charge is 2.21. The van der Waals surface area contributed by atoms with Crippen molar-refractivity contribution >= 4 is 11.7 Å². The van der Waals surface area contributed by atoms with E-state index in [-0.39, 0.29) is 12.5 Å². The van der Waals surface area contributed by atoms with Gasteiger partial charge in [-0.1, -0.05) is 30.3 Å². The minimum Gasteiger partial charge on any atom is -0.298 e. The molecule has 1 heterocycles. The molecule has 0 fully saturated rings. The first-order valence-corrected chi connectivity index (χ1v) is 4.15. The Balaban J connectivity index is 2.34. The minimum absolute atomic E-state index is 0.0545. The Hall–Kier alpha value is -1.64. The van der Waals surface area contributed by atoms with E-state index in [0.29, 0.717) is 0 Å². The third-order valence-electron chi connectivity index (χ3n) is 2.09. The van der Waals surface area contributed by atoms with Crippen molar-refractivity contribution in [1.29, 1.82) is 0 Å². The molecule has 0 spiro atoms. The van der Waals surface area contributed by atoms with Crippen LogP contribution in [0.4, 0.5) is 0 Å². The first-order valence-electron chi connectivity index (χ1n) is 4.15. The van der Waals surface area contributed by atoms with E-state index in [0.717, 1.165) is 11.4 Å². The molecule has 1 amide bonds. The largest absolute Gasteiger partial charge is 0.298 e. The summed E-state index contributed by atoms with van der Waals surface area (Å²) in [5, 5.41) is 0. The van der Waals surface area contributed by atoms with Crippen LogP contribution in [0, 0.1) is 0 Å². The van der Waals surface area contributed by atoms with Crippen molar-refractivity contribution in [3.05, 3.63) is 35.9 Å². The van der Waals surface area contributed by atoms with Crippen molar-refractivity contribution in [2.24, 2.45) is 4.99 Å².